The van der Waals surface area contributed by atoms with Crippen LogP contribution in [0.3, 0.4) is 0 Å². The normalized spacial score (nSPS) is 16.2. The van der Waals surface area contributed by atoms with E-state index in [9.17, 15) is 4.79 Å². The zero-order valence-electron chi connectivity index (χ0n) is 14.7. The predicted molar refractivity (Wildman–Crippen MR) is 103 cm³/mol. The summed E-state index contributed by atoms with van der Waals surface area (Å²) >= 11 is 3.43. The van der Waals surface area contributed by atoms with Gasteiger partial charge in [-0.05, 0) is 43.4 Å². The van der Waals surface area contributed by atoms with E-state index in [1.165, 1.54) is 12.8 Å². The number of amides is 1. The highest BCUT2D eigenvalue weighted by atomic mass is 79.9. The number of carbonyl (C=O) groups is 1. The number of hydrogen-bond donors (Lipinski definition) is 2. The van der Waals surface area contributed by atoms with Gasteiger partial charge in [-0.2, -0.15) is 0 Å². The molecule has 0 bridgehead atoms. The Labute approximate surface area is 153 Å². The lowest BCUT2D eigenvalue weighted by atomic mass is 10.00. The molecule has 5 nitrogen and oxygen atoms in total. The van der Waals surface area contributed by atoms with Gasteiger partial charge in [-0.1, -0.05) is 28.9 Å². The maximum absolute atomic E-state index is 12.1. The summed E-state index contributed by atoms with van der Waals surface area (Å²) in [5, 5.41) is 6.27. The van der Waals surface area contributed by atoms with Gasteiger partial charge >= 0.3 is 0 Å². The van der Waals surface area contributed by atoms with Crippen molar-refractivity contribution in [2.24, 2.45) is 10.9 Å². The Morgan fingerprint density at radius 3 is 2.75 bits per heavy atom. The number of benzene rings is 1. The summed E-state index contributed by atoms with van der Waals surface area (Å²) in [4.78, 5) is 18.8. The van der Waals surface area contributed by atoms with Gasteiger partial charge in [-0.3, -0.25) is 9.79 Å². The zero-order valence-corrected chi connectivity index (χ0v) is 16.3. The Kier molecular flexibility index (Phi) is 7.09. The molecule has 1 aromatic rings. The predicted octanol–water partition coefficient (Wildman–Crippen LogP) is 3.39. The topological polar surface area (TPSA) is 56.7 Å². The number of piperidine rings is 1. The van der Waals surface area contributed by atoms with Crippen molar-refractivity contribution < 1.29 is 4.79 Å². The summed E-state index contributed by atoms with van der Waals surface area (Å²) in [6, 6.07) is 5.88. The third-order valence-electron chi connectivity index (χ3n) is 4.40. The van der Waals surface area contributed by atoms with E-state index >= 15 is 0 Å². The first-order chi connectivity index (χ1) is 11.5. The molecule has 1 amide bonds. The van der Waals surface area contributed by atoms with Crippen LogP contribution in [0.15, 0.2) is 27.7 Å². The van der Waals surface area contributed by atoms with Crippen molar-refractivity contribution in [1.29, 1.82) is 0 Å². The van der Waals surface area contributed by atoms with E-state index in [1.807, 2.05) is 25.1 Å². The van der Waals surface area contributed by atoms with Gasteiger partial charge in [0.25, 0.3) is 0 Å². The second-order valence-corrected chi connectivity index (χ2v) is 7.32. The van der Waals surface area contributed by atoms with Crippen LogP contribution in [0.25, 0.3) is 0 Å². The fraction of sp³-hybridized carbons (Fsp3) is 0.556. The van der Waals surface area contributed by atoms with Crippen LogP contribution in [0.2, 0.25) is 0 Å². The van der Waals surface area contributed by atoms with Crippen molar-refractivity contribution in [3.63, 3.8) is 0 Å². The molecule has 6 heteroatoms. The molecule has 1 aliphatic rings. The quantitative estimate of drug-likeness (QED) is 0.607. The van der Waals surface area contributed by atoms with E-state index in [1.54, 1.807) is 7.05 Å². The average Bonchev–Trinajstić information content (AvgIpc) is 2.56. The Hall–Kier alpha value is -1.56. The smallest absolute Gasteiger partial charge is 0.226 e. The molecule has 1 saturated heterocycles. The number of aryl methyl sites for hydroxylation is 1. The lowest BCUT2D eigenvalue weighted by Crippen LogP contribution is -2.46. The lowest BCUT2D eigenvalue weighted by molar-refractivity contribution is -0.116. The molecule has 0 aromatic heterocycles. The maximum atomic E-state index is 12.1. The standard InChI is InChI=1S/C18H27BrN4O/c1-13-7-10-23(11-8-13)18(20-3)21-9-6-17(24)22-16-12-15(19)5-4-14(16)2/h4-5,12-13H,6-11H2,1-3H3,(H,20,21)(H,22,24). The minimum Gasteiger partial charge on any atom is -0.356 e. The highest BCUT2D eigenvalue weighted by Gasteiger charge is 2.18. The summed E-state index contributed by atoms with van der Waals surface area (Å²) in [5.41, 5.74) is 1.90. The first-order valence-corrected chi connectivity index (χ1v) is 9.30. The van der Waals surface area contributed by atoms with Crippen molar-refractivity contribution in [2.75, 3.05) is 32.0 Å². The number of nitrogens with one attached hydrogen (secondary N) is 2. The van der Waals surface area contributed by atoms with E-state index in [0.717, 1.165) is 40.7 Å². The summed E-state index contributed by atoms with van der Waals surface area (Å²) in [7, 11) is 1.80. The molecular weight excluding hydrogens is 368 g/mol. The van der Waals surface area contributed by atoms with Crippen LogP contribution in [0.5, 0.6) is 0 Å². The van der Waals surface area contributed by atoms with Gasteiger partial charge in [0.15, 0.2) is 5.96 Å². The van der Waals surface area contributed by atoms with Crippen LogP contribution in [0, 0.1) is 12.8 Å². The van der Waals surface area contributed by atoms with Gasteiger partial charge in [0.05, 0.1) is 0 Å². The molecule has 2 rings (SSSR count). The summed E-state index contributed by atoms with van der Waals surface area (Å²) in [6.45, 7) is 6.92. The van der Waals surface area contributed by atoms with Gasteiger partial charge in [-0.15, -0.1) is 0 Å². The van der Waals surface area contributed by atoms with Crippen molar-refractivity contribution in [3.8, 4) is 0 Å². The number of guanidine groups is 1. The number of likely N-dealkylation sites (tertiary alicyclic amines) is 1. The number of aliphatic imine (C=N–C) groups is 1. The lowest BCUT2D eigenvalue weighted by Gasteiger charge is -2.32. The van der Waals surface area contributed by atoms with E-state index in [2.05, 4.69) is 43.4 Å². The molecule has 0 saturated carbocycles. The molecule has 1 aromatic carbocycles. The largest absolute Gasteiger partial charge is 0.356 e. The van der Waals surface area contributed by atoms with Gasteiger partial charge in [0.1, 0.15) is 0 Å². The third kappa shape index (κ3) is 5.51. The number of anilines is 1. The monoisotopic (exact) mass is 394 g/mol. The molecular formula is C18H27BrN4O. The van der Waals surface area contributed by atoms with E-state index < -0.39 is 0 Å². The molecule has 0 atom stereocenters. The van der Waals surface area contributed by atoms with Gasteiger partial charge in [0, 0.05) is 43.3 Å². The van der Waals surface area contributed by atoms with Crippen molar-refractivity contribution >= 4 is 33.5 Å². The second kappa shape index (κ2) is 9.06. The molecule has 0 spiro atoms. The SMILES string of the molecule is CN=C(NCCC(=O)Nc1cc(Br)ccc1C)N1CCC(C)CC1. The van der Waals surface area contributed by atoms with Crippen LogP contribution in [0.4, 0.5) is 5.69 Å². The number of hydrogen-bond acceptors (Lipinski definition) is 2. The third-order valence-corrected chi connectivity index (χ3v) is 4.90. The van der Waals surface area contributed by atoms with Gasteiger partial charge in [-0.25, -0.2) is 0 Å². The van der Waals surface area contributed by atoms with Crippen LogP contribution < -0.4 is 10.6 Å². The van der Waals surface area contributed by atoms with Crippen LogP contribution >= 0.6 is 15.9 Å². The Bertz CT molecular complexity index is 595. The minimum absolute atomic E-state index is 0.00594. The van der Waals surface area contributed by atoms with Crippen molar-refractivity contribution in [3.05, 3.63) is 28.2 Å². The molecule has 1 aliphatic heterocycles. The van der Waals surface area contributed by atoms with E-state index in [-0.39, 0.29) is 5.91 Å². The number of halogens is 1. The second-order valence-electron chi connectivity index (χ2n) is 6.40. The Balaban J connectivity index is 1.78. The fourth-order valence-corrected chi connectivity index (χ4v) is 3.14. The first kappa shape index (κ1) is 18.8. The highest BCUT2D eigenvalue weighted by Crippen LogP contribution is 2.20. The van der Waals surface area contributed by atoms with E-state index in [0.29, 0.717) is 13.0 Å². The number of carbonyl (C=O) groups excluding carboxylic acids is 1. The van der Waals surface area contributed by atoms with Crippen LogP contribution in [-0.2, 0) is 4.79 Å². The number of rotatable bonds is 4. The molecule has 132 valence electrons. The minimum atomic E-state index is 0.00594. The molecule has 1 fully saturated rings. The molecule has 0 unspecified atom stereocenters. The summed E-state index contributed by atoms with van der Waals surface area (Å²) < 4.78 is 0.959. The summed E-state index contributed by atoms with van der Waals surface area (Å²) in [5.74, 6) is 1.69. The molecule has 0 aliphatic carbocycles. The highest BCUT2D eigenvalue weighted by molar-refractivity contribution is 9.10. The summed E-state index contributed by atoms with van der Waals surface area (Å²) in [6.07, 6.45) is 2.81. The zero-order chi connectivity index (χ0) is 17.5. The van der Waals surface area contributed by atoms with Gasteiger partial charge < -0.3 is 15.5 Å². The van der Waals surface area contributed by atoms with Crippen LogP contribution in [0.1, 0.15) is 31.7 Å². The van der Waals surface area contributed by atoms with E-state index in [4.69, 9.17) is 0 Å². The Morgan fingerprint density at radius 2 is 2.08 bits per heavy atom. The maximum Gasteiger partial charge on any atom is 0.226 e. The first-order valence-electron chi connectivity index (χ1n) is 8.51. The van der Waals surface area contributed by atoms with Crippen molar-refractivity contribution in [1.82, 2.24) is 10.2 Å². The number of nitrogens with zero attached hydrogens (tertiary/aromatic N) is 2. The molecule has 2 N–H and O–H groups in total. The average molecular weight is 395 g/mol. The van der Waals surface area contributed by atoms with Gasteiger partial charge in [0.2, 0.25) is 5.91 Å². The molecule has 24 heavy (non-hydrogen) atoms. The fourth-order valence-electron chi connectivity index (χ4n) is 2.78. The Morgan fingerprint density at radius 1 is 1.38 bits per heavy atom. The molecule has 0 radical (unpaired) electrons. The van der Waals surface area contributed by atoms with Crippen molar-refractivity contribution in [2.45, 2.75) is 33.1 Å². The van der Waals surface area contributed by atoms with Crippen LogP contribution in [-0.4, -0.2) is 43.4 Å². The molecule has 1 heterocycles.